The minimum Gasteiger partial charge on any atom is -0.338 e. The lowest BCUT2D eigenvalue weighted by atomic mass is 10.1. The van der Waals surface area contributed by atoms with Crippen molar-refractivity contribution in [2.45, 2.75) is 18.9 Å². The summed E-state index contributed by atoms with van der Waals surface area (Å²) in [5.74, 6) is 0.634. The van der Waals surface area contributed by atoms with Gasteiger partial charge >= 0.3 is 6.03 Å². The van der Waals surface area contributed by atoms with Crippen molar-refractivity contribution >= 4 is 29.3 Å². The molecule has 1 aliphatic rings. The summed E-state index contributed by atoms with van der Waals surface area (Å²) in [5.41, 5.74) is 0.791. The number of piperidine rings is 1. The van der Waals surface area contributed by atoms with E-state index in [0.29, 0.717) is 17.5 Å². The van der Waals surface area contributed by atoms with Crippen LogP contribution in [-0.2, 0) is 0 Å². The molecule has 0 spiro atoms. The average molecular weight is 336 g/mol. The second-order valence-electron chi connectivity index (χ2n) is 5.49. The van der Waals surface area contributed by atoms with Crippen LogP contribution in [0.15, 0.2) is 24.3 Å². The predicted octanol–water partition coefficient (Wildman–Crippen LogP) is 1.67. The Morgan fingerprint density at radius 1 is 1.43 bits per heavy atom. The van der Waals surface area contributed by atoms with Gasteiger partial charge in [0.15, 0.2) is 0 Å². The molecule has 1 saturated heterocycles. The summed E-state index contributed by atoms with van der Waals surface area (Å²) in [6.07, 6.45) is 1.90. The first-order valence-corrected chi connectivity index (χ1v) is 7.80. The summed E-state index contributed by atoms with van der Waals surface area (Å²) in [6.45, 7) is 1.55. The van der Waals surface area contributed by atoms with E-state index in [1.165, 1.54) is 0 Å². The van der Waals surface area contributed by atoms with E-state index in [4.69, 9.17) is 11.6 Å². The number of amides is 2. The zero-order chi connectivity index (χ0) is 16.2. The molecule has 0 saturated carbocycles. The van der Waals surface area contributed by atoms with Gasteiger partial charge in [-0.25, -0.2) is 9.89 Å². The summed E-state index contributed by atoms with van der Waals surface area (Å²) >= 11 is 5.87. The molecule has 8 nitrogen and oxygen atoms in total. The summed E-state index contributed by atoms with van der Waals surface area (Å²) < 4.78 is 0. The number of carbonyl (C=O) groups is 1. The van der Waals surface area contributed by atoms with Crippen molar-refractivity contribution in [1.82, 2.24) is 25.9 Å². The maximum atomic E-state index is 12.4. The van der Waals surface area contributed by atoms with Crippen LogP contribution in [0.4, 0.5) is 16.4 Å². The van der Waals surface area contributed by atoms with E-state index in [9.17, 15) is 4.79 Å². The van der Waals surface area contributed by atoms with E-state index in [1.807, 2.05) is 17.0 Å². The van der Waals surface area contributed by atoms with Gasteiger partial charge in [0.2, 0.25) is 5.95 Å². The molecule has 1 atom stereocenters. The molecule has 122 valence electrons. The standard InChI is InChI=1S/C14H18ClN7O/c1-21(12-6-4-10(15)5-7-12)14(23)16-11-3-2-8-22(9-11)13-17-19-20-18-13/h4-7,11H,2-3,8-9H2,1H3,(H,16,23)(H,17,18,19,20)/t11-/m0/s1. The molecule has 1 fully saturated rings. The van der Waals surface area contributed by atoms with E-state index < -0.39 is 0 Å². The molecule has 2 amide bonds. The molecular weight excluding hydrogens is 318 g/mol. The van der Waals surface area contributed by atoms with Crippen LogP contribution in [0, 0.1) is 0 Å². The lowest BCUT2D eigenvalue weighted by Crippen LogP contribution is -2.51. The Bertz CT molecular complexity index is 646. The Balaban J connectivity index is 1.59. The number of nitrogens with one attached hydrogen (secondary N) is 2. The first-order chi connectivity index (χ1) is 11.1. The molecule has 1 aromatic carbocycles. The summed E-state index contributed by atoms with van der Waals surface area (Å²) in [7, 11) is 1.74. The van der Waals surface area contributed by atoms with Crippen LogP contribution in [0.1, 0.15) is 12.8 Å². The molecule has 23 heavy (non-hydrogen) atoms. The molecule has 0 bridgehead atoms. The Morgan fingerprint density at radius 2 is 2.22 bits per heavy atom. The summed E-state index contributed by atoms with van der Waals surface area (Å²) in [5, 5.41) is 17.5. The minimum absolute atomic E-state index is 0.0519. The zero-order valence-corrected chi connectivity index (χ0v) is 13.5. The normalized spacial score (nSPS) is 17.8. The number of rotatable bonds is 3. The number of carbonyl (C=O) groups excluding carboxylic acids is 1. The van der Waals surface area contributed by atoms with Crippen LogP contribution >= 0.6 is 11.6 Å². The van der Waals surface area contributed by atoms with Crippen LogP contribution < -0.4 is 15.1 Å². The smallest absolute Gasteiger partial charge is 0.321 e. The number of aromatic nitrogens is 4. The van der Waals surface area contributed by atoms with Gasteiger partial charge in [0.25, 0.3) is 0 Å². The fourth-order valence-electron chi connectivity index (χ4n) is 2.63. The minimum atomic E-state index is -0.144. The topological polar surface area (TPSA) is 90.0 Å². The number of hydrogen-bond acceptors (Lipinski definition) is 5. The zero-order valence-electron chi connectivity index (χ0n) is 12.7. The maximum absolute atomic E-state index is 12.4. The van der Waals surface area contributed by atoms with Crippen molar-refractivity contribution in [2.24, 2.45) is 0 Å². The highest BCUT2D eigenvalue weighted by molar-refractivity contribution is 6.30. The van der Waals surface area contributed by atoms with Gasteiger partial charge in [-0.2, -0.15) is 0 Å². The molecular formula is C14H18ClN7O. The highest BCUT2D eigenvalue weighted by Crippen LogP contribution is 2.18. The van der Waals surface area contributed by atoms with Gasteiger partial charge in [-0.3, -0.25) is 4.90 Å². The Morgan fingerprint density at radius 3 is 2.91 bits per heavy atom. The first-order valence-electron chi connectivity index (χ1n) is 7.42. The second-order valence-corrected chi connectivity index (χ2v) is 5.93. The number of tetrazole rings is 1. The van der Waals surface area contributed by atoms with E-state index in [2.05, 4.69) is 25.9 Å². The van der Waals surface area contributed by atoms with Crippen LogP contribution in [0.2, 0.25) is 5.02 Å². The van der Waals surface area contributed by atoms with Gasteiger partial charge in [-0.15, -0.1) is 0 Å². The lowest BCUT2D eigenvalue weighted by Gasteiger charge is -2.33. The fraction of sp³-hybridized carbons (Fsp3) is 0.429. The number of aromatic amines is 1. The average Bonchev–Trinajstić information content (AvgIpc) is 3.10. The molecule has 1 aliphatic heterocycles. The van der Waals surface area contributed by atoms with E-state index in [-0.39, 0.29) is 12.1 Å². The SMILES string of the molecule is CN(C(=O)N[C@H]1CCCN(c2nnn[nH]2)C1)c1ccc(Cl)cc1. The molecule has 0 radical (unpaired) electrons. The maximum Gasteiger partial charge on any atom is 0.321 e. The third-order valence-corrected chi connectivity index (χ3v) is 4.15. The van der Waals surface area contributed by atoms with E-state index >= 15 is 0 Å². The Labute approximate surface area is 138 Å². The van der Waals surface area contributed by atoms with Crippen LogP contribution in [0.5, 0.6) is 0 Å². The molecule has 2 aromatic rings. The summed E-state index contributed by atoms with van der Waals surface area (Å²) in [4.78, 5) is 16.0. The number of anilines is 2. The molecule has 1 aromatic heterocycles. The van der Waals surface area contributed by atoms with Crippen molar-refractivity contribution in [3.63, 3.8) is 0 Å². The number of halogens is 1. The second kappa shape index (κ2) is 6.82. The largest absolute Gasteiger partial charge is 0.338 e. The number of benzene rings is 1. The van der Waals surface area contributed by atoms with Crippen molar-refractivity contribution in [3.8, 4) is 0 Å². The Kier molecular flexibility index (Phi) is 4.61. The van der Waals surface area contributed by atoms with Crippen molar-refractivity contribution in [2.75, 3.05) is 29.9 Å². The predicted molar refractivity (Wildman–Crippen MR) is 87.8 cm³/mol. The van der Waals surface area contributed by atoms with Gasteiger partial charge in [0.05, 0.1) is 0 Å². The quantitative estimate of drug-likeness (QED) is 0.890. The molecule has 0 aliphatic carbocycles. The van der Waals surface area contributed by atoms with Gasteiger partial charge in [-0.1, -0.05) is 16.7 Å². The van der Waals surface area contributed by atoms with Crippen LogP contribution in [0.3, 0.4) is 0 Å². The number of nitrogens with zero attached hydrogens (tertiary/aromatic N) is 5. The number of H-pyrrole nitrogens is 1. The van der Waals surface area contributed by atoms with Gasteiger partial charge in [0, 0.05) is 36.9 Å². The Hall–Kier alpha value is -2.35. The van der Waals surface area contributed by atoms with Crippen LogP contribution in [-0.4, -0.2) is 52.8 Å². The fourth-order valence-corrected chi connectivity index (χ4v) is 2.75. The van der Waals surface area contributed by atoms with Crippen molar-refractivity contribution < 1.29 is 4.79 Å². The van der Waals surface area contributed by atoms with Gasteiger partial charge in [0.1, 0.15) is 0 Å². The number of urea groups is 1. The summed E-state index contributed by atoms with van der Waals surface area (Å²) in [6, 6.07) is 7.07. The highest BCUT2D eigenvalue weighted by Gasteiger charge is 2.24. The third kappa shape index (κ3) is 3.70. The molecule has 0 unspecified atom stereocenters. The van der Waals surface area contributed by atoms with Gasteiger partial charge in [-0.05, 0) is 47.5 Å². The molecule has 2 N–H and O–H groups in total. The molecule has 9 heteroatoms. The lowest BCUT2D eigenvalue weighted by molar-refractivity contribution is 0.241. The number of hydrogen-bond donors (Lipinski definition) is 2. The monoisotopic (exact) mass is 335 g/mol. The van der Waals surface area contributed by atoms with E-state index in [1.54, 1.807) is 24.1 Å². The van der Waals surface area contributed by atoms with Gasteiger partial charge < -0.3 is 10.2 Å². The third-order valence-electron chi connectivity index (χ3n) is 3.90. The molecule has 3 rings (SSSR count). The van der Waals surface area contributed by atoms with Crippen molar-refractivity contribution in [1.29, 1.82) is 0 Å². The molecule has 2 heterocycles. The van der Waals surface area contributed by atoms with E-state index in [0.717, 1.165) is 25.1 Å². The highest BCUT2D eigenvalue weighted by atomic mass is 35.5. The first kappa shape index (κ1) is 15.5. The van der Waals surface area contributed by atoms with Crippen molar-refractivity contribution in [3.05, 3.63) is 29.3 Å². The van der Waals surface area contributed by atoms with Crippen LogP contribution in [0.25, 0.3) is 0 Å².